The number of hydrogen-bond donors (Lipinski definition) is 2. The molecule has 0 aliphatic carbocycles. The number of benzene rings is 1. The molecule has 28 heavy (non-hydrogen) atoms. The van der Waals surface area contributed by atoms with E-state index in [1.807, 2.05) is 6.07 Å². The summed E-state index contributed by atoms with van der Waals surface area (Å²) in [6.07, 6.45) is 3.32. The van der Waals surface area contributed by atoms with Gasteiger partial charge in [0.05, 0.1) is 29.2 Å². The Kier molecular flexibility index (Phi) is 4.77. The highest BCUT2D eigenvalue weighted by molar-refractivity contribution is 6.05. The van der Waals surface area contributed by atoms with Crippen LogP contribution in [0, 0.1) is 0 Å². The lowest BCUT2D eigenvalue weighted by Gasteiger charge is -2.33. The van der Waals surface area contributed by atoms with Crippen molar-refractivity contribution in [3.63, 3.8) is 0 Å². The Morgan fingerprint density at radius 3 is 3.04 bits per heavy atom. The topological polar surface area (TPSA) is 101 Å². The Labute approximate surface area is 161 Å². The van der Waals surface area contributed by atoms with Crippen molar-refractivity contribution in [3.8, 4) is 0 Å². The SMILES string of the molecule is C[C@H](NC(=O)COC(=O)c1ccc2c(c1)NC(=O)[C@H]1CCCN21)c1ccco1. The van der Waals surface area contributed by atoms with Crippen LogP contribution in [-0.4, -0.2) is 37.0 Å². The van der Waals surface area contributed by atoms with Crippen LogP contribution in [-0.2, 0) is 14.3 Å². The first-order valence-corrected chi connectivity index (χ1v) is 9.24. The van der Waals surface area contributed by atoms with Crippen LogP contribution in [0.4, 0.5) is 11.4 Å². The van der Waals surface area contributed by atoms with Crippen molar-refractivity contribution in [1.82, 2.24) is 5.32 Å². The molecule has 1 fully saturated rings. The zero-order chi connectivity index (χ0) is 19.7. The number of furan rings is 1. The standard InChI is InChI=1S/C20H21N3O5/c1-12(17-5-3-9-27-17)21-18(24)11-28-20(26)13-6-7-15-14(10-13)22-19(25)16-4-2-8-23(15)16/h3,5-7,9-10,12,16H,2,4,8,11H2,1H3,(H,21,24)(H,22,25)/t12-,16+/m0/s1. The molecule has 2 amide bonds. The van der Waals surface area contributed by atoms with Crippen LogP contribution >= 0.6 is 0 Å². The molecule has 2 aliphatic rings. The van der Waals surface area contributed by atoms with Gasteiger partial charge < -0.3 is 24.7 Å². The van der Waals surface area contributed by atoms with Crippen LogP contribution in [0.3, 0.4) is 0 Å². The molecule has 2 aromatic rings. The van der Waals surface area contributed by atoms with Crippen LogP contribution < -0.4 is 15.5 Å². The van der Waals surface area contributed by atoms with E-state index in [0.29, 0.717) is 11.4 Å². The molecule has 2 aliphatic heterocycles. The molecule has 0 bridgehead atoms. The van der Waals surface area contributed by atoms with Gasteiger partial charge in [-0.15, -0.1) is 0 Å². The van der Waals surface area contributed by atoms with Crippen molar-refractivity contribution in [3.05, 3.63) is 47.9 Å². The number of carbonyl (C=O) groups is 3. The quantitative estimate of drug-likeness (QED) is 0.768. The molecule has 0 spiro atoms. The molecule has 0 radical (unpaired) electrons. The smallest absolute Gasteiger partial charge is 0.338 e. The maximum Gasteiger partial charge on any atom is 0.338 e. The van der Waals surface area contributed by atoms with Crippen LogP contribution in [0.15, 0.2) is 41.0 Å². The highest BCUT2D eigenvalue weighted by Gasteiger charge is 2.36. The van der Waals surface area contributed by atoms with Gasteiger partial charge in [0.1, 0.15) is 11.8 Å². The molecule has 2 atom stereocenters. The highest BCUT2D eigenvalue weighted by atomic mass is 16.5. The summed E-state index contributed by atoms with van der Waals surface area (Å²) in [5, 5.41) is 5.55. The maximum atomic E-state index is 12.3. The second-order valence-electron chi connectivity index (χ2n) is 6.95. The fraction of sp³-hybridized carbons (Fsp3) is 0.350. The second-order valence-corrected chi connectivity index (χ2v) is 6.95. The number of hydrogen-bond acceptors (Lipinski definition) is 6. The predicted molar refractivity (Wildman–Crippen MR) is 101 cm³/mol. The zero-order valence-electron chi connectivity index (χ0n) is 15.4. The minimum atomic E-state index is -0.624. The minimum absolute atomic E-state index is 0.0539. The summed E-state index contributed by atoms with van der Waals surface area (Å²) in [6, 6.07) is 8.08. The molecule has 1 aromatic heterocycles. The largest absolute Gasteiger partial charge is 0.467 e. The molecule has 8 heteroatoms. The predicted octanol–water partition coefficient (Wildman–Crippen LogP) is 2.23. The summed E-state index contributed by atoms with van der Waals surface area (Å²) in [7, 11) is 0. The Morgan fingerprint density at radius 1 is 1.39 bits per heavy atom. The first-order valence-electron chi connectivity index (χ1n) is 9.24. The molecule has 0 unspecified atom stereocenters. The number of rotatable bonds is 5. The van der Waals surface area contributed by atoms with Gasteiger partial charge in [-0.1, -0.05) is 0 Å². The van der Waals surface area contributed by atoms with Gasteiger partial charge >= 0.3 is 5.97 Å². The van der Waals surface area contributed by atoms with E-state index in [1.165, 1.54) is 6.26 Å². The molecule has 1 saturated heterocycles. The lowest BCUT2D eigenvalue weighted by Crippen LogP contribution is -2.43. The first kappa shape index (κ1) is 18.1. The number of ether oxygens (including phenoxy) is 1. The minimum Gasteiger partial charge on any atom is -0.467 e. The van der Waals surface area contributed by atoms with Crippen molar-refractivity contribution in [2.75, 3.05) is 23.4 Å². The normalized spacial score (nSPS) is 18.7. The summed E-state index contributed by atoms with van der Waals surface area (Å²) in [5.74, 6) is -0.489. The van der Waals surface area contributed by atoms with E-state index in [2.05, 4.69) is 15.5 Å². The van der Waals surface area contributed by atoms with Gasteiger partial charge in [0.2, 0.25) is 5.91 Å². The summed E-state index contributed by atoms with van der Waals surface area (Å²) >= 11 is 0. The van der Waals surface area contributed by atoms with Crippen molar-refractivity contribution < 1.29 is 23.5 Å². The highest BCUT2D eigenvalue weighted by Crippen LogP contribution is 2.37. The van der Waals surface area contributed by atoms with E-state index in [4.69, 9.17) is 9.15 Å². The molecule has 3 heterocycles. The van der Waals surface area contributed by atoms with Gasteiger partial charge in [0.25, 0.3) is 5.91 Å². The monoisotopic (exact) mass is 383 g/mol. The first-order chi connectivity index (χ1) is 13.5. The van der Waals surface area contributed by atoms with Crippen LogP contribution in [0.1, 0.15) is 41.9 Å². The van der Waals surface area contributed by atoms with Crippen molar-refractivity contribution in [1.29, 1.82) is 0 Å². The molecule has 0 saturated carbocycles. The summed E-state index contributed by atoms with van der Waals surface area (Å²) in [4.78, 5) is 38.6. The van der Waals surface area contributed by atoms with E-state index in [1.54, 1.807) is 31.2 Å². The number of amides is 2. The zero-order valence-corrected chi connectivity index (χ0v) is 15.4. The third kappa shape index (κ3) is 3.45. The molecule has 4 rings (SSSR count). The number of nitrogens with one attached hydrogen (secondary N) is 2. The number of nitrogens with zero attached hydrogens (tertiary/aromatic N) is 1. The van der Waals surface area contributed by atoms with Gasteiger partial charge in [0.15, 0.2) is 6.61 Å². The number of esters is 1. The van der Waals surface area contributed by atoms with Gasteiger partial charge in [-0.3, -0.25) is 9.59 Å². The average molecular weight is 383 g/mol. The van der Waals surface area contributed by atoms with Crippen molar-refractivity contribution >= 4 is 29.2 Å². The summed E-state index contributed by atoms with van der Waals surface area (Å²) < 4.78 is 10.3. The average Bonchev–Trinajstić information content (AvgIpc) is 3.37. The van der Waals surface area contributed by atoms with Crippen LogP contribution in [0.2, 0.25) is 0 Å². The van der Waals surface area contributed by atoms with Gasteiger partial charge in [-0.05, 0) is 50.1 Å². The van der Waals surface area contributed by atoms with E-state index < -0.39 is 18.5 Å². The van der Waals surface area contributed by atoms with Crippen LogP contribution in [0.25, 0.3) is 0 Å². The van der Waals surface area contributed by atoms with Crippen molar-refractivity contribution in [2.45, 2.75) is 31.8 Å². The molecule has 2 N–H and O–H groups in total. The van der Waals surface area contributed by atoms with E-state index >= 15 is 0 Å². The van der Waals surface area contributed by atoms with Crippen molar-refractivity contribution in [2.24, 2.45) is 0 Å². The Balaban J connectivity index is 1.37. The summed E-state index contributed by atoms with van der Waals surface area (Å²) in [6.45, 7) is 2.20. The number of fused-ring (bicyclic) bond motifs is 3. The number of carbonyl (C=O) groups excluding carboxylic acids is 3. The lowest BCUT2D eigenvalue weighted by atomic mass is 10.1. The third-order valence-corrected chi connectivity index (χ3v) is 5.04. The third-order valence-electron chi connectivity index (χ3n) is 5.04. The van der Waals surface area contributed by atoms with Gasteiger partial charge in [-0.25, -0.2) is 4.79 Å². The van der Waals surface area contributed by atoms with Gasteiger partial charge in [-0.2, -0.15) is 0 Å². The van der Waals surface area contributed by atoms with E-state index in [-0.39, 0.29) is 23.6 Å². The van der Waals surface area contributed by atoms with Gasteiger partial charge in [0, 0.05) is 6.54 Å². The summed E-state index contributed by atoms with van der Waals surface area (Å²) in [5.41, 5.74) is 1.78. The maximum absolute atomic E-state index is 12.3. The lowest BCUT2D eigenvalue weighted by molar-refractivity contribution is -0.125. The molecule has 1 aromatic carbocycles. The van der Waals surface area contributed by atoms with E-state index in [0.717, 1.165) is 25.1 Å². The molecular weight excluding hydrogens is 362 g/mol. The Morgan fingerprint density at radius 2 is 2.25 bits per heavy atom. The number of anilines is 2. The van der Waals surface area contributed by atoms with E-state index in [9.17, 15) is 14.4 Å². The van der Waals surface area contributed by atoms with Crippen LogP contribution in [0.5, 0.6) is 0 Å². The fourth-order valence-electron chi connectivity index (χ4n) is 3.66. The molecule has 8 nitrogen and oxygen atoms in total. The molecule has 146 valence electrons. The Bertz CT molecular complexity index is 909. The second kappa shape index (κ2) is 7.38. The Hall–Kier alpha value is -3.29. The fourth-order valence-corrected chi connectivity index (χ4v) is 3.66. The molecular formula is C20H21N3O5.